The number of nitrogens with zero attached hydrogens (tertiary/aromatic N) is 2. The molecule has 6 nitrogen and oxygen atoms in total. The molecule has 0 amide bonds. The molecule has 0 atom stereocenters. The van der Waals surface area contributed by atoms with Crippen molar-refractivity contribution in [2.45, 2.75) is 19.1 Å². The number of hydrogen-bond donors (Lipinski definition) is 3. The zero-order valence-corrected chi connectivity index (χ0v) is 15.5. The van der Waals surface area contributed by atoms with Gasteiger partial charge < -0.3 is 20.0 Å². The van der Waals surface area contributed by atoms with Crippen LogP contribution in [0.2, 0.25) is 5.02 Å². The fraction of sp³-hybridized carbons (Fsp3) is 0.158. The van der Waals surface area contributed by atoms with Crippen molar-refractivity contribution in [2.75, 3.05) is 5.32 Å². The molecule has 2 heterocycles. The summed E-state index contributed by atoms with van der Waals surface area (Å²) >= 11 is 6.06. The van der Waals surface area contributed by atoms with Crippen molar-refractivity contribution < 1.29 is 23.1 Å². The first-order valence-electron chi connectivity index (χ1n) is 8.55. The number of halogens is 4. The molecule has 0 unspecified atom stereocenters. The Kier molecular flexibility index (Phi) is 4.62. The summed E-state index contributed by atoms with van der Waals surface area (Å²) in [6.45, 7) is 0.0443. The number of anilines is 2. The molecule has 2 aromatic heterocycles. The minimum Gasteiger partial charge on any atom is -0.481 e. The Balaban J connectivity index is 1.81. The quantitative estimate of drug-likeness (QED) is 0.401. The van der Waals surface area contributed by atoms with Crippen LogP contribution in [0.4, 0.5) is 24.8 Å². The zero-order chi connectivity index (χ0) is 20.8. The second-order valence-electron chi connectivity index (χ2n) is 6.45. The number of hydrogen-bond acceptors (Lipinski definition) is 3. The van der Waals surface area contributed by atoms with Crippen LogP contribution < -0.4 is 5.32 Å². The highest BCUT2D eigenvalue weighted by Crippen LogP contribution is 2.34. The minimum absolute atomic E-state index is 0.0443. The van der Waals surface area contributed by atoms with Crippen molar-refractivity contribution in [1.82, 2.24) is 14.5 Å². The van der Waals surface area contributed by atoms with E-state index in [9.17, 15) is 18.0 Å². The Morgan fingerprint density at radius 2 is 2.03 bits per heavy atom. The summed E-state index contributed by atoms with van der Waals surface area (Å²) in [6, 6.07) is 8.46. The van der Waals surface area contributed by atoms with Gasteiger partial charge in [-0.15, -0.1) is 0 Å². The Morgan fingerprint density at radius 3 is 2.76 bits per heavy atom. The number of nitrogens with one attached hydrogen (secondary N) is 2. The predicted molar refractivity (Wildman–Crippen MR) is 104 cm³/mol. The molecular formula is C19H14ClF3N4O2. The normalized spacial score (nSPS) is 12.0. The lowest BCUT2D eigenvalue weighted by molar-refractivity contribution is -0.138. The van der Waals surface area contributed by atoms with E-state index in [1.807, 2.05) is 0 Å². The van der Waals surface area contributed by atoms with Crippen LogP contribution in [-0.2, 0) is 17.5 Å². The summed E-state index contributed by atoms with van der Waals surface area (Å²) in [4.78, 5) is 18.4. The molecule has 150 valence electrons. The fourth-order valence-corrected chi connectivity index (χ4v) is 3.32. The van der Waals surface area contributed by atoms with E-state index < -0.39 is 17.7 Å². The van der Waals surface area contributed by atoms with E-state index in [2.05, 4.69) is 15.3 Å². The monoisotopic (exact) mass is 422 g/mol. The third-order valence-electron chi connectivity index (χ3n) is 4.52. The molecule has 0 aliphatic carbocycles. The van der Waals surface area contributed by atoms with E-state index in [0.29, 0.717) is 16.2 Å². The standard InChI is InChI=1S/C19H14ClF3N4O2/c20-11-2-3-13-12(8-11)15(9-24-13)26-18-25-14-7-10(19(21,22)23)1-4-16(14)27(18)6-5-17(28)29/h1-4,7-9,24H,5-6H2,(H,25,26)(H,28,29). The van der Waals surface area contributed by atoms with Crippen molar-refractivity contribution in [3.8, 4) is 0 Å². The lowest BCUT2D eigenvalue weighted by atomic mass is 10.2. The van der Waals surface area contributed by atoms with Crippen molar-refractivity contribution in [3.05, 3.63) is 53.2 Å². The predicted octanol–water partition coefficient (Wildman–Crippen LogP) is 5.41. The minimum atomic E-state index is -4.50. The maximum Gasteiger partial charge on any atom is 0.416 e. The van der Waals surface area contributed by atoms with E-state index in [1.165, 1.54) is 6.07 Å². The average Bonchev–Trinajstić information content (AvgIpc) is 3.19. The molecule has 0 saturated carbocycles. The number of benzene rings is 2. The topological polar surface area (TPSA) is 82.9 Å². The van der Waals surface area contributed by atoms with E-state index in [4.69, 9.17) is 16.7 Å². The highest BCUT2D eigenvalue weighted by atomic mass is 35.5. The van der Waals surface area contributed by atoms with Gasteiger partial charge in [-0.2, -0.15) is 13.2 Å². The van der Waals surface area contributed by atoms with Crippen LogP contribution in [0.1, 0.15) is 12.0 Å². The molecular weight excluding hydrogens is 409 g/mol. The Labute approximate surface area is 166 Å². The number of H-pyrrole nitrogens is 1. The van der Waals surface area contributed by atoms with E-state index >= 15 is 0 Å². The molecule has 0 radical (unpaired) electrons. The van der Waals surface area contributed by atoms with Gasteiger partial charge in [0, 0.05) is 28.7 Å². The van der Waals surface area contributed by atoms with Crippen molar-refractivity contribution in [1.29, 1.82) is 0 Å². The number of fused-ring (bicyclic) bond motifs is 2. The number of rotatable bonds is 5. The van der Waals surface area contributed by atoms with Gasteiger partial charge in [0.25, 0.3) is 0 Å². The number of alkyl halides is 3. The lowest BCUT2D eigenvalue weighted by Gasteiger charge is -2.10. The molecule has 3 N–H and O–H groups in total. The number of carboxylic acids is 1. The van der Waals surface area contributed by atoms with Gasteiger partial charge in [-0.05, 0) is 36.4 Å². The smallest absolute Gasteiger partial charge is 0.416 e. The summed E-state index contributed by atoms with van der Waals surface area (Å²) in [6.07, 6.45) is -3.02. The zero-order valence-electron chi connectivity index (χ0n) is 14.7. The molecule has 0 spiro atoms. The summed E-state index contributed by atoms with van der Waals surface area (Å²) in [5.41, 5.74) is 1.12. The molecule has 0 aliphatic heterocycles. The lowest BCUT2D eigenvalue weighted by Crippen LogP contribution is -2.08. The first-order chi connectivity index (χ1) is 13.7. The van der Waals surface area contributed by atoms with Crippen molar-refractivity contribution in [2.24, 2.45) is 0 Å². The molecule has 29 heavy (non-hydrogen) atoms. The second-order valence-corrected chi connectivity index (χ2v) is 6.89. The first kappa shape index (κ1) is 19.1. The molecule has 4 rings (SSSR count). The summed E-state index contributed by atoms with van der Waals surface area (Å²) < 4.78 is 40.7. The van der Waals surface area contributed by atoms with E-state index in [1.54, 1.807) is 29.0 Å². The number of carboxylic acid groups (broad SMARTS) is 1. The number of aryl methyl sites for hydroxylation is 1. The molecule has 10 heteroatoms. The molecule has 0 saturated heterocycles. The average molecular weight is 423 g/mol. The Bertz CT molecular complexity index is 1230. The molecule has 2 aromatic carbocycles. The summed E-state index contributed by atoms with van der Waals surface area (Å²) in [5, 5.41) is 13.4. The van der Waals surface area contributed by atoms with Crippen LogP contribution in [0.3, 0.4) is 0 Å². The second kappa shape index (κ2) is 7.00. The Hall–Kier alpha value is -3.20. The summed E-state index contributed by atoms with van der Waals surface area (Å²) in [7, 11) is 0. The van der Waals surface area contributed by atoms with Crippen LogP contribution >= 0.6 is 11.6 Å². The fourth-order valence-electron chi connectivity index (χ4n) is 3.15. The molecule has 0 aliphatic rings. The summed E-state index contributed by atoms with van der Waals surface area (Å²) in [5.74, 6) is -0.787. The third-order valence-corrected chi connectivity index (χ3v) is 4.75. The highest BCUT2D eigenvalue weighted by Gasteiger charge is 2.31. The van der Waals surface area contributed by atoms with Gasteiger partial charge in [-0.1, -0.05) is 11.6 Å². The Morgan fingerprint density at radius 1 is 1.24 bits per heavy atom. The van der Waals surface area contributed by atoms with Gasteiger partial charge in [-0.25, -0.2) is 4.98 Å². The number of aromatic nitrogens is 3. The maximum atomic E-state index is 13.0. The van der Waals surface area contributed by atoms with Gasteiger partial charge in [0.15, 0.2) is 0 Å². The number of imidazole rings is 1. The van der Waals surface area contributed by atoms with Crippen LogP contribution in [0, 0.1) is 0 Å². The first-order valence-corrected chi connectivity index (χ1v) is 8.93. The largest absolute Gasteiger partial charge is 0.481 e. The van der Waals surface area contributed by atoms with Crippen LogP contribution in [-0.4, -0.2) is 25.6 Å². The molecule has 0 fully saturated rings. The van der Waals surface area contributed by atoms with Gasteiger partial charge in [0.1, 0.15) is 0 Å². The van der Waals surface area contributed by atoms with Gasteiger partial charge in [0.2, 0.25) is 5.95 Å². The maximum absolute atomic E-state index is 13.0. The number of carbonyl (C=O) groups is 1. The van der Waals surface area contributed by atoms with Crippen molar-refractivity contribution >= 4 is 51.1 Å². The van der Waals surface area contributed by atoms with Crippen LogP contribution in [0.15, 0.2) is 42.6 Å². The highest BCUT2D eigenvalue weighted by molar-refractivity contribution is 6.31. The van der Waals surface area contributed by atoms with E-state index in [-0.39, 0.29) is 24.4 Å². The van der Waals surface area contributed by atoms with Crippen LogP contribution in [0.25, 0.3) is 21.9 Å². The van der Waals surface area contributed by atoms with E-state index in [0.717, 1.165) is 23.0 Å². The molecule has 0 bridgehead atoms. The van der Waals surface area contributed by atoms with Gasteiger partial charge in [0.05, 0.1) is 28.7 Å². The van der Waals surface area contributed by atoms with Gasteiger partial charge in [-0.3, -0.25) is 4.79 Å². The van der Waals surface area contributed by atoms with Crippen LogP contribution in [0.5, 0.6) is 0 Å². The third kappa shape index (κ3) is 3.73. The SMILES string of the molecule is O=C(O)CCn1c(Nc2c[nH]c3ccc(Cl)cc23)nc2cc(C(F)(F)F)ccc21. The number of aromatic amines is 1. The molecule has 4 aromatic rings. The number of aliphatic carboxylic acids is 1. The van der Waals surface area contributed by atoms with Gasteiger partial charge >= 0.3 is 12.1 Å². The van der Waals surface area contributed by atoms with Crippen molar-refractivity contribution in [3.63, 3.8) is 0 Å².